The highest BCUT2D eigenvalue weighted by Crippen LogP contribution is 2.43. The van der Waals surface area contributed by atoms with Crippen LogP contribution in [0.5, 0.6) is 0 Å². The number of aliphatic carboxylic acids is 1. The number of halogens is 3. The molecular weight excluding hydrogens is 519 g/mol. The first-order valence-corrected chi connectivity index (χ1v) is 12.4. The van der Waals surface area contributed by atoms with E-state index in [0.717, 1.165) is 11.1 Å². The first-order valence-electron chi connectivity index (χ1n) is 11.3. The van der Waals surface area contributed by atoms with Gasteiger partial charge in [0.2, 0.25) is 9.70 Å². The summed E-state index contributed by atoms with van der Waals surface area (Å²) in [6, 6.07) is 6.04. The molecule has 0 aromatic heterocycles. The number of nitrogens with zero attached hydrogens (tertiary/aromatic N) is 2. The van der Waals surface area contributed by atoms with Crippen LogP contribution in [0.4, 0.5) is 4.79 Å². The van der Waals surface area contributed by atoms with E-state index in [2.05, 4.69) is 0 Å². The molecule has 2 heterocycles. The van der Waals surface area contributed by atoms with Crippen LogP contribution in [0, 0.1) is 0 Å². The van der Waals surface area contributed by atoms with Gasteiger partial charge in [0, 0.05) is 26.6 Å². The monoisotopic (exact) mass is 546 g/mol. The number of aliphatic hydroxyl groups is 1. The van der Waals surface area contributed by atoms with E-state index in [0.29, 0.717) is 18.4 Å². The van der Waals surface area contributed by atoms with Crippen LogP contribution in [-0.2, 0) is 20.7 Å². The number of carboxylic acids is 1. The van der Waals surface area contributed by atoms with Crippen molar-refractivity contribution in [1.29, 1.82) is 0 Å². The maximum Gasteiger partial charge on any atom is 0.411 e. The van der Waals surface area contributed by atoms with E-state index in [-0.39, 0.29) is 37.6 Å². The summed E-state index contributed by atoms with van der Waals surface area (Å²) in [5, 5.41) is 19.3. The Morgan fingerprint density at radius 2 is 1.74 bits per heavy atom. The molecule has 2 bridgehead atoms. The number of fused-ring (bicyclic) bond motifs is 2. The third-order valence-corrected chi connectivity index (χ3v) is 7.85. The molecule has 8 nitrogen and oxygen atoms in total. The molecule has 1 aromatic rings. The van der Waals surface area contributed by atoms with Crippen molar-refractivity contribution >= 4 is 58.3 Å². The predicted octanol–water partition coefficient (Wildman–Crippen LogP) is 4.04. The van der Waals surface area contributed by atoms with Gasteiger partial charge in [-0.05, 0) is 49.8 Å². The van der Waals surface area contributed by atoms with Gasteiger partial charge >= 0.3 is 12.1 Å². The van der Waals surface area contributed by atoms with Crippen molar-refractivity contribution in [3.8, 4) is 0 Å². The summed E-state index contributed by atoms with van der Waals surface area (Å²) in [5.74, 6) is -1.40. The summed E-state index contributed by atoms with van der Waals surface area (Å²) in [6.07, 6.45) is 0.742. The van der Waals surface area contributed by atoms with Crippen molar-refractivity contribution in [2.24, 2.45) is 0 Å². The summed E-state index contributed by atoms with van der Waals surface area (Å²) in [5.41, 5.74) is 0.906. The van der Waals surface area contributed by atoms with Gasteiger partial charge in [-0.2, -0.15) is 0 Å². The normalized spacial score (nSPS) is 20.7. The van der Waals surface area contributed by atoms with Gasteiger partial charge in [0.15, 0.2) is 5.60 Å². The molecule has 0 saturated carbocycles. The van der Waals surface area contributed by atoms with E-state index in [1.807, 2.05) is 24.3 Å². The lowest BCUT2D eigenvalue weighted by Crippen LogP contribution is -2.65. The zero-order valence-corrected chi connectivity index (χ0v) is 22.0. The lowest BCUT2D eigenvalue weighted by Gasteiger charge is -2.50. The summed E-state index contributed by atoms with van der Waals surface area (Å²) >= 11 is 18.0. The van der Waals surface area contributed by atoms with Crippen molar-refractivity contribution in [2.45, 2.75) is 61.5 Å². The molecule has 2 unspecified atom stereocenters. The molecule has 1 aromatic carbocycles. The number of ether oxygens (including phenoxy) is 1. The molecule has 0 aliphatic carbocycles. The number of rotatable bonds is 6. The van der Waals surface area contributed by atoms with Crippen molar-refractivity contribution in [3.05, 3.63) is 41.0 Å². The van der Waals surface area contributed by atoms with Crippen LogP contribution in [-0.4, -0.2) is 79.2 Å². The Balaban J connectivity index is 2.03. The molecule has 1 saturated heterocycles. The van der Waals surface area contributed by atoms with Gasteiger partial charge in [-0.25, -0.2) is 9.59 Å². The average Bonchev–Trinajstić information content (AvgIpc) is 2.75. The second-order valence-corrected chi connectivity index (χ2v) is 11.6. The lowest BCUT2D eigenvalue weighted by atomic mass is 9.81. The average molecular weight is 548 g/mol. The molecule has 2 atom stereocenters. The Hall–Kier alpha value is -2.00. The molecule has 35 heavy (non-hydrogen) atoms. The zero-order valence-electron chi connectivity index (χ0n) is 19.8. The van der Waals surface area contributed by atoms with Gasteiger partial charge in [-0.1, -0.05) is 59.1 Å². The van der Waals surface area contributed by atoms with Crippen LogP contribution in [0.15, 0.2) is 29.8 Å². The number of carboxylic acid groups (broad SMARTS) is 1. The van der Waals surface area contributed by atoms with Crippen LogP contribution in [0.1, 0.15) is 44.7 Å². The second-order valence-electron chi connectivity index (χ2n) is 9.30. The molecule has 2 aliphatic rings. The van der Waals surface area contributed by atoms with E-state index >= 15 is 0 Å². The fourth-order valence-corrected chi connectivity index (χ4v) is 4.59. The SMILES string of the molecule is CC(=O)N1CC2CC(c3ccc(CCCO)cc3)=C(C(=O)O)C(C1)N2C(=O)OC(C)(C)C(Cl)(Cl)Cl. The van der Waals surface area contributed by atoms with Crippen molar-refractivity contribution in [2.75, 3.05) is 19.7 Å². The molecule has 1 fully saturated rings. The summed E-state index contributed by atoms with van der Waals surface area (Å²) < 4.78 is 3.64. The largest absolute Gasteiger partial charge is 0.478 e. The maximum absolute atomic E-state index is 13.3. The third-order valence-electron chi connectivity index (χ3n) is 6.49. The third kappa shape index (κ3) is 5.88. The predicted molar refractivity (Wildman–Crippen MR) is 134 cm³/mol. The molecule has 2 N–H and O–H groups in total. The minimum atomic E-state index is -1.91. The van der Waals surface area contributed by atoms with E-state index in [4.69, 9.17) is 44.6 Å². The van der Waals surface area contributed by atoms with E-state index in [9.17, 15) is 19.5 Å². The first kappa shape index (κ1) is 27.6. The quantitative estimate of drug-likeness (QED) is 0.521. The Morgan fingerprint density at radius 1 is 1.11 bits per heavy atom. The van der Waals surface area contributed by atoms with Crippen LogP contribution < -0.4 is 0 Å². The van der Waals surface area contributed by atoms with Gasteiger partial charge in [-0.3, -0.25) is 9.69 Å². The number of alkyl halides is 3. The second kappa shape index (κ2) is 10.5. The minimum absolute atomic E-state index is 0.00878. The fourth-order valence-electron chi connectivity index (χ4n) is 4.47. The zero-order chi connectivity index (χ0) is 26.1. The van der Waals surface area contributed by atoms with Crippen LogP contribution in [0.2, 0.25) is 0 Å². The Bertz CT molecular complexity index is 1020. The van der Waals surface area contributed by atoms with Gasteiger partial charge in [-0.15, -0.1) is 0 Å². The Labute approximate surface area is 219 Å². The van der Waals surface area contributed by atoms with E-state index in [1.165, 1.54) is 30.6 Å². The number of hydrogen-bond acceptors (Lipinski definition) is 5. The lowest BCUT2D eigenvalue weighted by molar-refractivity contribution is -0.137. The highest BCUT2D eigenvalue weighted by molar-refractivity contribution is 6.68. The van der Waals surface area contributed by atoms with Crippen molar-refractivity contribution in [1.82, 2.24) is 9.80 Å². The van der Waals surface area contributed by atoms with Gasteiger partial charge in [0.05, 0.1) is 17.7 Å². The van der Waals surface area contributed by atoms with E-state index < -0.39 is 33.5 Å². The van der Waals surface area contributed by atoms with Crippen LogP contribution >= 0.6 is 34.8 Å². The Morgan fingerprint density at radius 3 is 2.26 bits per heavy atom. The van der Waals surface area contributed by atoms with E-state index in [1.54, 1.807) is 0 Å². The number of carbonyl (C=O) groups is 3. The molecule has 0 radical (unpaired) electrons. The van der Waals surface area contributed by atoms with Gasteiger partial charge in [0.25, 0.3) is 0 Å². The highest BCUT2D eigenvalue weighted by Gasteiger charge is 2.51. The minimum Gasteiger partial charge on any atom is -0.478 e. The number of aryl methyl sites for hydroxylation is 1. The van der Waals surface area contributed by atoms with Gasteiger partial charge < -0.3 is 19.8 Å². The first-order chi connectivity index (χ1) is 16.3. The number of amides is 2. The van der Waals surface area contributed by atoms with Gasteiger partial charge in [0.1, 0.15) is 0 Å². The maximum atomic E-state index is 13.3. The molecule has 3 rings (SSSR count). The number of benzene rings is 1. The molecule has 192 valence electrons. The molecule has 2 aliphatic heterocycles. The molecular formula is C24H29Cl3N2O6. The summed E-state index contributed by atoms with van der Waals surface area (Å²) in [6.45, 7) is 4.64. The number of carbonyl (C=O) groups excluding carboxylic acids is 2. The molecule has 0 spiro atoms. The number of piperazine rings is 1. The topological polar surface area (TPSA) is 107 Å². The number of hydrogen-bond donors (Lipinski definition) is 2. The number of aliphatic hydroxyl groups excluding tert-OH is 1. The fraction of sp³-hybridized carbons (Fsp3) is 0.542. The standard InChI is InChI=1S/C24H29Cl3N2O6/c1-14(31)28-12-17-11-18(16-8-6-15(7-9-16)5-4-10-30)20(21(32)33)19(13-28)29(17)22(34)35-23(2,3)24(25,26)27/h6-9,17,19,30H,4-5,10-13H2,1-3H3,(H,32,33). The smallest absolute Gasteiger partial charge is 0.411 e. The highest BCUT2D eigenvalue weighted by atomic mass is 35.6. The van der Waals surface area contributed by atoms with Crippen LogP contribution in [0.25, 0.3) is 5.57 Å². The summed E-state index contributed by atoms with van der Waals surface area (Å²) in [7, 11) is 0. The summed E-state index contributed by atoms with van der Waals surface area (Å²) in [4.78, 5) is 40.9. The van der Waals surface area contributed by atoms with Crippen molar-refractivity contribution in [3.63, 3.8) is 0 Å². The van der Waals surface area contributed by atoms with Crippen molar-refractivity contribution < 1.29 is 29.3 Å². The van der Waals surface area contributed by atoms with Crippen LogP contribution in [0.3, 0.4) is 0 Å². The Kier molecular flexibility index (Phi) is 8.31. The molecule has 11 heteroatoms. The molecule has 2 amide bonds.